The summed E-state index contributed by atoms with van der Waals surface area (Å²) in [5.41, 5.74) is 10.5. The number of hydrogen-bond donors (Lipinski definition) is 2. The number of guanidine groups is 1. The lowest BCUT2D eigenvalue weighted by Gasteiger charge is -2.27. The van der Waals surface area contributed by atoms with Crippen LogP contribution in [0.5, 0.6) is 5.75 Å². The second-order valence-corrected chi connectivity index (χ2v) is 6.78. The molecule has 0 unspecified atom stereocenters. The molecule has 2 aliphatic rings. The molecule has 0 saturated carbocycles. The maximum Gasteiger partial charge on any atom is 0.325 e. The molecule has 1 aromatic rings. The fourth-order valence-electron chi connectivity index (χ4n) is 3.04. The van der Waals surface area contributed by atoms with Gasteiger partial charge >= 0.3 is 5.97 Å². The summed E-state index contributed by atoms with van der Waals surface area (Å²) >= 11 is 0. The van der Waals surface area contributed by atoms with Crippen LogP contribution >= 0.6 is 0 Å². The van der Waals surface area contributed by atoms with Crippen LogP contribution in [0, 0.1) is 0 Å². The van der Waals surface area contributed by atoms with Gasteiger partial charge < -0.3 is 24.8 Å². The van der Waals surface area contributed by atoms with Crippen molar-refractivity contribution in [2.24, 2.45) is 10.7 Å². The number of nitrogens with zero attached hydrogens (tertiary/aromatic N) is 3. The number of benzene rings is 1. The topological polar surface area (TPSA) is 119 Å². The molecule has 1 amide bonds. The first-order valence-corrected chi connectivity index (χ1v) is 9.59. The quantitative estimate of drug-likeness (QED) is 0.463. The average Bonchev–Trinajstić information content (AvgIpc) is 2.72. The molecule has 1 aromatic carbocycles. The van der Waals surface area contributed by atoms with E-state index in [1.807, 2.05) is 23.2 Å². The Bertz CT molecular complexity index is 763. The van der Waals surface area contributed by atoms with Crippen LogP contribution in [0.3, 0.4) is 0 Å². The Morgan fingerprint density at radius 2 is 2.10 bits per heavy atom. The van der Waals surface area contributed by atoms with E-state index in [9.17, 15) is 9.59 Å². The zero-order chi connectivity index (χ0) is 20.6. The van der Waals surface area contributed by atoms with Crippen LogP contribution in [0.25, 0.3) is 0 Å². The molecule has 1 fully saturated rings. The summed E-state index contributed by atoms with van der Waals surface area (Å²) in [7, 11) is 1.34. The number of hydrogen-bond acceptors (Lipinski definition) is 9. The van der Waals surface area contributed by atoms with Crippen molar-refractivity contribution in [3.63, 3.8) is 0 Å². The number of ether oxygens (including phenoxy) is 3. The molecule has 1 saturated heterocycles. The molecule has 0 bridgehead atoms. The normalized spacial score (nSPS) is 16.6. The molecule has 29 heavy (non-hydrogen) atoms. The van der Waals surface area contributed by atoms with Crippen molar-refractivity contribution in [3.8, 4) is 5.75 Å². The first-order chi connectivity index (χ1) is 14.0. The van der Waals surface area contributed by atoms with Crippen LogP contribution in [-0.2, 0) is 25.6 Å². The molecule has 158 valence electrons. The summed E-state index contributed by atoms with van der Waals surface area (Å²) in [6.45, 7) is 3.63. The van der Waals surface area contributed by atoms with Crippen LogP contribution in [-0.4, -0.2) is 74.3 Å². The maximum absolute atomic E-state index is 12.0. The highest BCUT2D eigenvalue weighted by atomic mass is 16.5. The molecule has 0 aliphatic carbocycles. The van der Waals surface area contributed by atoms with E-state index in [-0.39, 0.29) is 24.4 Å². The number of carbonyl (C=O) groups is 2. The summed E-state index contributed by atoms with van der Waals surface area (Å²) < 4.78 is 15.7. The Labute approximate surface area is 169 Å². The predicted molar refractivity (Wildman–Crippen MR) is 105 cm³/mol. The standard InChI is InChI=1S/C19H27N5O5/c1-27-18(26)13-23-12-14-4-5-15(11-16(14)21-19(23)20)29-8-2-3-17(25)22-24-6-9-28-10-7-24/h4-5,11H,2-3,6-10,12-13H2,1H3,(H2,20,21)(H,22,25). The highest BCUT2D eigenvalue weighted by Gasteiger charge is 2.20. The third-order valence-corrected chi connectivity index (χ3v) is 4.64. The van der Waals surface area contributed by atoms with Crippen molar-refractivity contribution in [2.45, 2.75) is 19.4 Å². The number of carbonyl (C=O) groups excluding carboxylic acids is 2. The fourth-order valence-corrected chi connectivity index (χ4v) is 3.04. The molecule has 2 heterocycles. The number of esters is 1. The second-order valence-electron chi connectivity index (χ2n) is 6.78. The molecule has 0 spiro atoms. The molecule has 2 aliphatic heterocycles. The fraction of sp³-hybridized carbons (Fsp3) is 0.526. The van der Waals surface area contributed by atoms with E-state index in [0.717, 1.165) is 5.56 Å². The Kier molecular flexibility index (Phi) is 7.25. The van der Waals surface area contributed by atoms with Gasteiger partial charge in [-0.15, -0.1) is 0 Å². The Morgan fingerprint density at radius 1 is 1.31 bits per heavy atom. The van der Waals surface area contributed by atoms with Gasteiger partial charge in [-0.2, -0.15) is 0 Å². The number of nitrogens with two attached hydrogens (primary N) is 1. The van der Waals surface area contributed by atoms with Gasteiger partial charge in [0.05, 0.1) is 32.6 Å². The van der Waals surface area contributed by atoms with Crippen LogP contribution in [0.4, 0.5) is 5.69 Å². The van der Waals surface area contributed by atoms with E-state index in [4.69, 9.17) is 15.2 Å². The summed E-state index contributed by atoms with van der Waals surface area (Å²) in [5.74, 6) is 0.531. The van der Waals surface area contributed by atoms with Crippen LogP contribution < -0.4 is 15.9 Å². The number of methoxy groups -OCH3 is 1. The minimum Gasteiger partial charge on any atom is -0.494 e. The molecular formula is C19H27N5O5. The number of aliphatic imine (C=N–C) groups is 1. The summed E-state index contributed by atoms with van der Waals surface area (Å²) in [6.07, 6.45) is 0.988. The highest BCUT2D eigenvalue weighted by Crippen LogP contribution is 2.29. The van der Waals surface area contributed by atoms with Gasteiger partial charge in [-0.05, 0) is 18.1 Å². The number of fused-ring (bicyclic) bond motifs is 1. The number of nitrogens with one attached hydrogen (secondary N) is 1. The first-order valence-electron chi connectivity index (χ1n) is 9.59. The molecule has 0 atom stereocenters. The van der Waals surface area contributed by atoms with Gasteiger partial charge in [-0.25, -0.2) is 10.0 Å². The lowest BCUT2D eigenvalue weighted by atomic mass is 10.1. The molecule has 0 radical (unpaired) electrons. The number of hydrazine groups is 1. The maximum atomic E-state index is 12.0. The largest absolute Gasteiger partial charge is 0.494 e. The van der Waals surface area contributed by atoms with Gasteiger partial charge in [0.1, 0.15) is 12.3 Å². The minimum atomic E-state index is -0.371. The van der Waals surface area contributed by atoms with Crippen LogP contribution in [0.2, 0.25) is 0 Å². The van der Waals surface area contributed by atoms with Crippen molar-refractivity contribution in [1.82, 2.24) is 15.3 Å². The summed E-state index contributed by atoms with van der Waals surface area (Å²) in [4.78, 5) is 29.4. The van der Waals surface area contributed by atoms with Gasteiger partial charge in [0.2, 0.25) is 5.91 Å². The van der Waals surface area contributed by atoms with Crippen molar-refractivity contribution >= 4 is 23.5 Å². The molecule has 10 heteroatoms. The van der Waals surface area contributed by atoms with Crippen LogP contribution in [0.15, 0.2) is 23.2 Å². The average molecular weight is 405 g/mol. The monoisotopic (exact) mass is 405 g/mol. The van der Waals surface area contributed by atoms with E-state index in [0.29, 0.717) is 63.7 Å². The van der Waals surface area contributed by atoms with E-state index in [1.54, 1.807) is 4.90 Å². The third kappa shape index (κ3) is 6.06. The molecule has 3 rings (SSSR count). The van der Waals surface area contributed by atoms with E-state index in [2.05, 4.69) is 15.2 Å². The van der Waals surface area contributed by atoms with E-state index in [1.165, 1.54) is 7.11 Å². The van der Waals surface area contributed by atoms with Gasteiger partial charge in [0, 0.05) is 32.1 Å². The van der Waals surface area contributed by atoms with Gasteiger partial charge in [0.25, 0.3) is 0 Å². The zero-order valence-corrected chi connectivity index (χ0v) is 16.6. The molecular weight excluding hydrogens is 378 g/mol. The minimum absolute atomic E-state index is 0.0241. The van der Waals surface area contributed by atoms with Crippen molar-refractivity contribution in [2.75, 3.05) is 46.6 Å². The molecule has 3 N–H and O–H groups in total. The lowest BCUT2D eigenvalue weighted by Crippen LogP contribution is -2.48. The van der Waals surface area contributed by atoms with Gasteiger partial charge in [0.15, 0.2) is 5.96 Å². The van der Waals surface area contributed by atoms with Crippen molar-refractivity contribution in [1.29, 1.82) is 0 Å². The van der Waals surface area contributed by atoms with Crippen molar-refractivity contribution in [3.05, 3.63) is 23.8 Å². The lowest BCUT2D eigenvalue weighted by molar-refractivity contribution is -0.141. The Hall–Kier alpha value is -2.85. The Balaban J connectivity index is 1.44. The number of rotatable bonds is 8. The third-order valence-electron chi connectivity index (χ3n) is 4.64. The van der Waals surface area contributed by atoms with E-state index < -0.39 is 0 Å². The SMILES string of the molecule is COC(=O)CN1Cc2ccc(OCCCC(=O)NN3CCOCC3)cc2N=C1N. The second kappa shape index (κ2) is 10.1. The molecule has 0 aromatic heterocycles. The van der Waals surface area contributed by atoms with Gasteiger partial charge in [-0.3, -0.25) is 15.0 Å². The molecule has 10 nitrogen and oxygen atoms in total. The number of amides is 1. The Morgan fingerprint density at radius 3 is 2.86 bits per heavy atom. The van der Waals surface area contributed by atoms with E-state index >= 15 is 0 Å². The van der Waals surface area contributed by atoms with Crippen LogP contribution in [0.1, 0.15) is 18.4 Å². The summed E-state index contributed by atoms with van der Waals surface area (Å²) in [6, 6.07) is 5.56. The van der Waals surface area contributed by atoms with Crippen molar-refractivity contribution < 1.29 is 23.8 Å². The van der Waals surface area contributed by atoms with Gasteiger partial charge in [-0.1, -0.05) is 6.07 Å². The highest BCUT2D eigenvalue weighted by molar-refractivity contribution is 5.87. The predicted octanol–water partition coefficient (Wildman–Crippen LogP) is 0.144. The smallest absolute Gasteiger partial charge is 0.325 e. The number of morpholine rings is 1. The zero-order valence-electron chi connectivity index (χ0n) is 16.6. The first kappa shape index (κ1) is 20.9. The summed E-state index contributed by atoms with van der Waals surface area (Å²) in [5, 5.41) is 1.88.